The van der Waals surface area contributed by atoms with Gasteiger partial charge in [0, 0.05) is 56.1 Å². The van der Waals surface area contributed by atoms with Crippen molar-refractivity contribution in [1.82, 2.24) is 9.47 Å². The summed E-state index contributed by atoms with van der Waals surface area (Å²) in [6.07, 6.45) is 2.03. The van der Waals surface area contributed by atoms with E-state index in [9.17, 15) is 14.3 Å². The van der Waals surface area contributed by atoms with Gasteiger partial charge in [-0.1, -0.05) is 12.1 Å². The molecule has 0 amide bonds. The van der Waals surface area contributed by atoms with Crippen molar-refractivity contribution in [2.24, 2.45) is 0 Å². The van der Waals surface area contributed by atoms with Gasteiger partial charge >= 0.3 is 0 Å². The van der Waals surface area contributed by atoms with E-state index in [4.69, 9.17) is 4.74 Å². The molecule has 6 nitrogen and oxygen atoms in total. The lowest BCUT2D eigenvalue weighted by Crippen LogP contribution is -2.49. The van der Waals surface area contributed by atoms with Gasteiger partial charge in [0.2, 0.25) is 0 Å². The Morgan fingerprint density at radius 3 is 2.31 bits per heavy atom. The predicted molar refractivity (Wildman–Crippen MR) is 139 cm³/mol. The standard InChI is InChI=1S/C27H32FN3O3S/c1-19-18-24(32)25(27(33)31(19)16-17-34-2)26(20-4-10-23(35-3)11-5-20)30-14-12-29(13-15-30)22-8-6-21(28)7-9-22/h4-11,18,26,32H,12-17H2,1-3H3/t26-/m1/s1. The van der Waals surface area contributed by atoms with Crippen molar-refractivity contribution >= 4 is 17.4 Å². The molecule has 1 N–H and O–H groups in total. The lowest BCUT2D eigenvalue weighted by atomic mass is 9.96. The number of ether oxygens (including phenoxy) is 1. The second-order valence-corrected chi connectivity index (χ2v) is 9.59. The van der Waals surface area contributed by atoms with Crippen molar-refractivity contribution in [2.45, 2.75) is 24.4 Å². The third kappa shape index (κ3) is 5.55. The minimum absolute atomic E-state index is 0.0149. The van der Waals surface area contributed by atoms with Crippen molar-refractivity contribution in [3.8, 4) is 5.75 Å². The highest BCUT2D eigenvalue weighted by Gasteiger charge is 2.31. The van der Waals surface area contributed by atoms with Crippen LogP contribution in [0.1, 0.15) is 22.9 Å². The van der Waals surface area contributed by atoms with Crippen molar-refractivity contribution in [2.75, 3.05) is 51.1 Å². The van der Waals surface area contributed by atoms with Crippen LogP contribution in [0.15, 0.2) is 64.3 Å². The number of thioether (sulfide) groups is 1. The van der Waals surface area contributed by atoms with Crippen LogP contribution < -0.4 is 10.5 Å². The normalized spacial score (nSPS) is 15.4. The molecule has 0 radical (unpaired) electrons. The van der Waals surface area contributed by atoms with E-state index in [2.05, 4.69) is 21.9 Å². The number of methoxy groups -OCH3 is 1. The molecule has 0 bridgehead atoms. The summed E-state index contributed by atoms with van der Waals surface area (Å²) >= 11 is 1.66. The number of pyridine rings is 1. The Kier molecular flexibility index (Phi) is 8.15. The van der Waals surface area contributed by atoms with Crippen LogP contribution in [0.4, 0.5) is 10.1 Å². The molecule has 2 aromatic carbocycles. The molecule has 35 heavy (non-hydrogen) atoms. The zero-order chi connectivity index (χ0) is 24.9. The maximum Gasteiger partial charge on any atom is 0.259 e. The summed E-state index contributed by atoms with van der Waals surface area (Å²) in [6.45, 7) is 5.50. The fourth-order valence-electron chi connectivity index (χ4n) is 4.72. The fourth-order valence-corrected chi connectivity index (χ4v) is 5.13. The molecule has 0 spiro atoms. The van der Waals surface area contributed by atoms with Crippen LogP contribution >= 0.6 is 11.8 Å². The number of aromatic nitrogens is 1. The number of halogens is 1. The summed E-state index contributed by atoms with van der Waals surface area (Å²) in [6, 6.07) is 16.0. The van der Waals surface area contributed by atoms with Crippen LogP contribution in [-0.2, 0) is 11.3 Å². The van der Waals surface area contributed by atoms with Crippen molar-refractivity contribution in [1.29, 1.82) is 0 Å². The van der Waals surface area contributed by atoms with Crippen molar-refractivity contribution in [3.63, 3.8) is 0 Å². The van der Waals surface area contributed by atoms with Gasteiger partial charge in [-0.3, -0.25) is 9.69 Å². The Morgan fingerprint density at radius 2 is 1.71 bits per heavy atom. The first-order valence-electron chi connectivity index (χ1n) is 11.7. The van der Waals surface area contributed by atoms with E-state index in [0.717, 1.165) is 29.2 Å². The van der Waals surface area contributed by atoms with Gasteiger partial charge in [-0.15, -0.1) is 11.8 Å². The van der Waals surface area contributed by atoms with Crippen LogP contribution in [-0.4, -0.2) is 60.7 Å². The molecule has 1 atom stereocenters. The molecule has 0 saturated carbocycles. The Morgan fingerprint density at radius 1 is 1.06 bits per heavy atom. The molecular weight excluding hydrogens is 465 g/mol. The second kappa shape index (κ2) is 11.3. The SMILES string of the molecule is COCCn1c(C)cc(O)c([C@@H](c2ccc(SC)cc2)N2CCN(c3ccc(F)cc3)CC2)c1=O. The third-order valence-corrected chi connectivity index (χ3v) is 7.36. The van der Waals surface area contributed by atoms with Crippen LogP contribution in [0.2, 0.25) is 0 Å². The molecule has 0 unspecified atom stereocenters. The predicted octanol–water partition coefficient (Wildman–Crippen LogP) is 4.28. The van der Waals surface area contributed by atoms with E-state index in [0.29, 0.717) is 37.5 Å². The summed E-state index contributed by atoms with van der Waals surface area (Å²) in [7, 11) is 1.61. The third-order valence-electron chi connectivity index (χ3n) is 6.62. The number of piperazine rings is 1. The van der Waals surface area contributed by atoms with Gasteiger partial charge < -0.3 is 19.3 Å². The summed E-state index contributed by atoms with van der Waals surface area (Å²) in [4.78, 5) is 19.3. The first-order valence-corrected chi connectivity index (χ1v) is 13.0. The highest BCUT2D eigenvalue weighted by Crippen LogP contribution is 2.34. The number of hydrogen-bond acceptors (Lipinski definition) is 6. The zero-order valence-electron chi connectivity index (χ0n) is 20.4. The number of anilines is 1. The Hall–Kier alpha value is -2.81. The maximum atomic E-state index is 13.7. The highest BCUT2D eigenvalue weighted by molar-refractivity contribution is 7.98. The first kappa shape index (κ1) is 25.3. The monoisotopic (exact) mass is 497 g/mol. The lowest BCUT2D eigenvalue weighted by Gasteiger charge is -2.40. The molecule has 4 rings (SSSR count). The molecule has 1 aliphatic heterocycles. The highest BCUT2D eigenvalue weighted by atomic mass is 32.2. The van der Waals surface area contributed by atoms with Crippen LogP contribution in [0.5, 0.6) is 5.75 Å². The van der Waals surface area contributed by atoms with E-state index in [1.165, 1.54) is 12.1 Å². The van der Waals surface area contributed by atoms with Crippen molar-refractivity contribution in [3.05, 3.63) is 87.6 Å². The first-order chi connectivity index (χ1) is 16.9. The number of nitrogens with zero attached hydrogens (tertiary/aromatic N) is 3. The van der Waals surface area contributed by atoms with Crippen LogP contribution in [0.25, 0.3) is 0 Å². The molecule has 1 aromatic heterocycles. The fraction of sp³-hybridized carbons (Fsp3) is 0.370. The summed E-state index contributed by atoms with van der Waals surface area (Å²) < 4.78 is 20.3. The maximum absolute atomic E-state index is 13.7. The molecule has 1 saturated heterocycles. The quantitative estimate of drug-likeness (QED) is 0.469. The van der Waals surface area contributed by atoms with Crippen LogP contribution in [0.3, 0.4) is 0 Å². The second-order valence-electron chi connectivity index (χ2n) is 8.71. The van der Waals surface area contributed by atoms with Gasteiger partial charge in [-0.25, -0.2) is 4.39 Å². The molecule has 1 fully saturated rings. The molecule has 1 aliphatic rings. The molecule has 186 valence electrons. The number of benzene rings is 2. The minimum atomic E-state index is -0.386. The summed E-state index contributed by atoms with van der Waals surface area (Å²) in [5, 5.41) is 11.0. The molecule has 8 heteroatoms. The Labute approximate surface area is 209 Å². The summed E-state index contributed by atoms with van der Waals surface area (Å²) in [5.41, 5.74) is 2.84. The van der Waals surface area contributed by atoms with Gasteiger partial charge in [0.1, 0.15) is 11.6 Å². The van der Waals surface area contributed by atoms with E-state index in [-0.39, 0.29) is 23.2 Å². The number of aromatic hydroxyl groups is 1. The smallest absolute Gasteiger partial charge is 0.259 e. The van der Waals surface area contributed by atoms with E-state index in [1.54, 1.807) is 41.6 Å². The average molecular weight is 498 g/mol. The summed E-state index contributed by atoms with van der Waals surface area (Å²) in [5.74, 6) is -0.234. The van der Waals surface area contributed by atoms with Gasteiger partial charge in [-0.2, -0.15) is 0 Å². The molecule has 0 aliphatic carbocycles. The zero-order valence-corrected chi connectivity index (χ0v) is 21.2. The largest absolute Gasteiger partial charge is 0.507 e. The Bertz CT molecular complexity index is 1190. The van der Waals surface area contributed by atoms with Gasteiger partial charge in [0.15, 0.2) is 0 Å². The average Bonchev–Trinajstić information content (AvgIpc) is 2.87. The number of rotatable bonds is 8. The van der Waals surface area contributed by atoms with Crippen molar-refractivity contribution < 1.29 is 14.2 Å². The van der Waals surface area contributed by atoms with Gasteiger partial charge in [-0.05, 0) is 61.2 Å². The van der Waals surface area contributed by atoms with Crippen LogP contribution in [0, 0.1) is 12.7 Å². The van der Waals surface area contributed by atoms with Gasteiger partial charge in [0.05, 0.1) is 18.2 Å². The van der Waals surface area contributed by atoms with E-state index >= 15 is 0 Å². The van der Waals surface area contributed by atoms with Gasteiger partial charge in [0.25, 0.3) is 5.56 Å². The number of hydrogen-bond donors (Lipinski definition) is 1. The minimum Gasteiger partial charge on any atom is -0.507 e. The Balaban J connectivity index is 1.70. The van der Waals surface area contributed by atoms with E-state index < -0.39 is 0 Å². The molecule has 2 heterocycles. The van der Waals surface area contributed by atoms with E-state index in [1.807, 2.05) is 25.3 Å². The molecule has 3 aromatic rings. The number of aryl methyl sites for hydroxylation is 1. The lowest BCUT2D eigenvalue weighted by molar-refractivity contribution is 0.183. The molecular formula is C27H32FN3O3S. The topological polar surface area (TPSA) is 57.9 Å².